The molecule has 0 aromatic heterocycles. The second-order valence-electron chi connectivity index (χ2n) is 3.89. The van der Waals surface area contributed by atoms with E-state index in [0.29, 0.717) is 0 Å². The molecule has 94 valence electrons. The largest absolute Gasteiger partial charge is 0.405 e. The van der Waals surface area contributed by atoms with Gasteiger partial charge in [-0.1, -0.05) is 0 Å². The first-order chi connectivity index (χ1) is 7.37. The second kappa shape index (κ2) is 4.90. The van der Waals surface area contributed by atoms with Crippen LogP contribution in [0.5, 0.6) is 0 Å². The fourth-order valence-corrected chi connectivity index (χ4v) is 1.51. The van der Waals surface area contributed by atoms with E-state index in [0.717, 1.165) is 19.3 Å². The highest BCUT2D eigenvalue weighted by atomic mass is 19.4. The van der Waals surface area contributed by atoms with E-state index in [-0.39, 0.29) is 12.1 Å². The lowest BCUT2D eigenvalue weighted by molar-refractivity contribution is -0.122. The van der Waals surface area contributed by atoms with Crippen LogP contribution in [0.2, 0.25) is 0 Å². The summed E-state index contributed by atoms with van der Waals surface area (Å²) >= 11 is 0. The van der Waals surface area contributed by atoms with Gasteiger partial charge in [-0.25, -0.2) is 4.79 Å². The fraction of sp³-hybridized carbons (Fsp3) is 0.889. The van der Waals surface area contributed by atoms with Crippen LogP contribution in [0.1, 0.15) is 19.3 Å². The van der Waals surface area contributed by atoms with Gasteiger partial charge in [0.25, 0.3) is 0 Å². The Bertz CT molecular complexity index is 246. The van der Waals surface area contributed by atoms with Crippen LogP contribution in [0.15, 0.2) is 0 Å². The third-order valence-electron chi connectivity index (χ3n) is 2.72. The molecule has 16 heavy (non-hydrogen) atoms. The van der Waals surface area contributed by atoms with Gasteiger partial charge in [-0.15, -0.1) is 0 Å². The Morgan fingerprint density at radius 3 is 2.38 bits per heavy atom. The highest BCUT2D eigenvalue weighted by molar-refractivity contribution is 5.73. The number of amides is 2. The van der Waals surface area contributed by atoms with Crippen molar-refractivity contribution in [3.8, 4) is 0 Å². The van der Waals surface area contributed by atoms with Crippen molar-refractivity contribution in [3.63, 3.8) is 0 Å². The molecule has 0 heterocycles. The number of methoxy groups -OCH3 is 1. The molecule has 1 saturated carbocycles. The Morgan fingerprint density at radius 1 is 1.38 bits per heavy atom. The Hall–Kier alpha value is -0.980. The molecule has 0 saturated heterocycles. The lowest BCUT2D eigenvalue weighted by Gasteiger charge is -2.40. The minimum absolute atomic E-state index is 0.243. The van der Waals surface area contributed by atoms with Gasteiger partial charge >= 0.3 is 12.2 Å². The lowest BCUT2D eigenvalue weighted by Crippen LogP contribution is -2.52. The highest BCUT2D eigenvalue weighted by Gasteiger charge is 2.37. The van der Waals surface area contributed by atoms with Crippen molar-refractivity contribution in [1.29, 1.82) is 0 Å². The number of hydrogen-bond donors (Lipinski definition) is 2. The molecule has 0 bridgehead atoms. The van der Waals surface area contributed by atoms with E-state index in [1.54, 1.807) is 5.32 Å². The quantitative estimate of drug-likeness (QED) is 0.780. The van der Waals surface area contributed by atoms with E-state index in [4.69, 9.17) is 4.74 Å². The van der Waals surface area contributed by atoms with Crippen molar-refractivity contribution >= 4 is 6.03 Å². The van der Waals surface area contributed by atoms with E-state index >= 15 is 0 Å². The van der Waals surface area contributed by atoms with E-state index in [2.05, 4.69) is 5.32 Å². The lowest BCUT2D eigenvalue weighted by atomic mass is 9.80. The molecule has 1 aliphatic carbocycles. The smallest absolute Gasteiger partial charge is 0.376 e. The van der Waals surface area contributed by atoms with Crippen molar-refractivity contribution in [2.24, 2.45) is 0 Å². The maximum Gasteiger partial charge on any atom is 0.405 e. The maximum atomic E-state index is 11.8. The fourth-order valence-electron chi connectivity index (χ4n) is 1.51. The average molecular weight is 240 g/mol. The van der Waals surface area contributed by atoms with Crippen molar-refractivity contribution < 1.29 is 22.7 Å². The van der Waals surface area contributed by atoms with Crippen LogP contribution in [0.4, 0.5) is 18.0 Å². The van der Waals surface area contributed by atoms with E-state index in [9.17, 15) is 18.0 Å². The SMILES string of the molecule is COC1(CNC(=O)NCC(F)(F)F)CCC1. The molecule has 1 rings (SSSR count). The van der Waals surface area contributed by atoms with E-state index < -0.39 is 18.8 Å². The number of hydrogen-bond acceptors (Lipinski definition) is 2. The van der Waals surface area contributed by atoms with Crippen molar-refractivity contribution in [2.75, 3.05) is 20.2 Å². The first-order valence-corrected chi connectivity index (χ1v) is 5.00. The molecule has 0 spiro atoms. The number of ether oxygens (including phenoxy) is 1. The molecule has 0 radical (unpaired) electrons. The topological polar surface area (TPSA) is 50.4 Å². The minimum atomic E-state index is -4.38. The highest BCUT2D eigenvalue weighted by Crippen LogP contribution is 2.34. The van der Waals surface area contributed by atoms with Gasteiger partial charge < -0.3 is 15.4 Å². The summed E-state index contributed by atoms with van der Waals surface area (Å²) in [5, 5.41) is 4.11. The number of urea groups is 1. The third kappa shape index (κ3) is 3.88. The molecule has 0 aromatic carbocycles. The van der Waals surface area contributed by atoms with Gasteiger partial charge in [0.1, 0.15) is 6.54 Å². The molecule has 4 nitrogen and oxygen atoms in total. The van der Waals surface area contributed by atoms with Crippen LogP contribution in [0, 0.1) is 0 Å². The van der Waals surface area contributed by atoms with Gasteiger partial charge in [-0.05, 0) is 19.3 Å². The molecular weight excluding hydrogens is 225 g/mol. The number of nitrogens with one attached hydrogen (secondary N) is 2. The van der Waals surface area contributed by atoms with Gasteiger partial charge in [0.05, 0.1) is 5.60 Å². The summed E-state index contributed by atoms with van der Waals surface area (Å²) in [7, 11) is 1.54. The van der Waals surface area contributed by atoms with Crippen LogP contribution < -0.4 is 10.6 Å². The van der Waals surface area contributed by atoms with Crippen LogP contribution in [0.25, 0.3) is 0 Å². The summed E-state index contributed by atoms with van der Waals surface area (Å²) in [5.41, 5.74) is -0.379. The Labute approximate surface area is 91.5 Å². The first-order valence-electron chi connectivity index (χ1n) is 5.00. The first kappa shape index (κ1) is 13.1. The summed E-state index contributed by atoms with van der Waals surface area (Å²) < 4.78 is 40.5. The average Bonchev–Trinajstić information content (AvgIpc) is 2.13. The summed E-state index contributed by atoms with van der Waals surface area (Å²) in [5.74, 6) is 0. The molecule has 0 atom stereocenters. The molecule has 1 fully saturated rings. The van der Waals surface area contributed by atoms with Gasteiger partial charge in [0.15, 0.2) is 0 Å². The summed E-state index contributed by atoms with van der Waals surface area (Å²) in [4.78, 5) is 11.0. The van der Waals surface area contributed by atoms with Crippen LogP contribution >= 0.6 is 0 Å². The minimum Gasteiger partial charge on any atom is -0.376 e. The van der Waals surface area contributed by atoms with E-state index in [1.807, 2.05) is 0 Å². The monoisotopic (exact) mass is 240 g/mol. The van der Waals surface area contributed by atoms with Gasteiger partial charge in [0.2, 0.25) is 0 Å². The Balaban J connectivity index is 2.20. The second-order valence-corrected chi connectivity index (χ2v) is 3.89. The van der Waals surface area contributed by atoms with Crippen LogP contribution in [-0.4, -0.2) is 38.0 Å². The number of alkyl halides is 3. The molecule has 2 amide bonds. The zero-order valence-corrected chi connectivity index (χ0v) is 8.99. The molecule has 1 aliphatic rings. The zero-order chi connectivity index (χ0) is 12.2. The molecule has 0 unspecified atom stereocenters. The summed E-state index contributed by atoms with van der Waals surface area (Å²) in [6.07, 6.45) is -1.72. The predicted molar refractivity (Wildman–Crippen MR) is 51.0 cm³/mol. The number of carbonyl (C=O) groups is 1. The Kier molecular flexibility index (Phi) is 4.01. The number of rotatable bonds is 4. The van der Waals surface area contributed by atoms with Gasteiger partial charge in [-0.3, -0.25) is 0 Å². The van der Waals surface area contributed by atoms with Gasteiger partial charge in [-0.2, -0.15) is 13.2 Å². The summed E-state index contributed by atoms with van der Waals surface area (Å²) in [6, 6.07) is -0.819. The predicted octanol–water partition coefficient (Wildman–Crippen LogP) is 1.42. The maximum absolute atomic E-state index is 11.8. The molecule has 7 heteroatoms. The molecular formula is C9H15F3N2O2. The van der Waals surface area contributed by atoms with Crippen LogP contribution in [0.3, 0.4) is 0 Å². The zero-order valence-electron chi connectivity index (χ0n) is 8.99. The van der Waals surface area contributed by atoms with E-state index in [1.165, 1.54) is 7.11 Å². The molecule has 0 aromatic rings. The Morgan fingerprint density at radius 2 is 2.00 bits per heavy atom. The normalized spacial score (nSPS) is 18.8. The van der Waals surface area contributed by atoms with Crippen molar-refractivity contribution in [3.05, 3.63) is 0 Å². The third-order valence-corrected chi connectivity index (χ3v) is 2.72. The standard InChI is InChI=1S/C9H15F3N2O2/c1-16-8(3-2-4-8)5-13-7(15)14-6-9(10,11)12/h2-6H2,1H3,(H2,13,14,15). The molecule has 0 aliphatic heterocycles. The molecule has 2 N–H and O–H groups in total. The number of carbonyl (C=O) groups excluding carboxylic acids is 1. The van der Waals surface area contributed by atoms with Crippen molar-refractivity contribution in [1.82, 2.24) is 10.6 Å². The van der Waals surface area contributed by atoms with Crippen LogP contribution in [-0.2, 0) is 4.74 Å². The van der Waals surface area contributed by atoms with Gasteiger partial charge in [0, 0.05) is 13.7 Å². The summed E-state index contributed by atoms with van der Waals surface area (Å²) in [6.45, 7) is -1.08. The number of halogens is 3. The van der Waals surface area contributed by atoms with Crippen molar-refractivity contribution in [2.45, 2.75) is 31.0 Å².